The Morgan fingerprint density at radius 2 is 2.37 bits per heavy atom. The van der Waals surface area contributed by atoms with E-state index in [2.05, 4.69) is 10.3 Å². The molecule has 0 bridgehead atoms. The molecule has 3 rings (SSSR count). The number of primary amides is 1. The molecule has 3 N–H and O–H groups in total. The van der Waals surface area contributed by atoms with E-state index in [4.69, 9.17) is 5.73 Å². The van der Waals surface area contributed by atoms with E-state index in [0.717, 1.165) is 12.8 Å². The van der Waals surface area contributed by atoms with Crippen LogP contribution in [0.4, 0.5) is 10.5 Å². The zero-order chi connectivity index (χ0) is 13.5. The largest absolute Gasteiger partial charge is 0.351 e. The fraction of sp³-hybridized carbons (Fsp3) is 0.462. The van der Waals surface area contributed by atoms with Gasteiger partial charge in [-0.2, -0.15) is 0 Å². The quantitative estimate of drug-likeness (QED) is 0.824. The van der Waals surface area contributed by atoms with Crippen molar-refractivity contribution in [3.8, 4) is 0 Å². The zero-order valence-corrected chi connectivity index (χ0v) is 10.5. The summed E-state index contributed by atoms with van der Waals surface area (Å²) in [5.41, 5.74) is 5.94. The summed E-state index contributed by atoms with van der Waals surface area (Å²) in [7, 11) is 0. The molecule has 1 saturated heterocycles. The van der Waals surface area contributed by atoms with E-state index in [1.807, 2.05) is 6.07 Å². The second-order valence-corrected chi connectivity index (χ2v) is 5.36. The second kappa shape index (κ2) is 4.22. The number of rotatable bonds is 2. The molecule has 2 atom stereocenters. The maximum absolute atomic E-state index is 12.1. The van der Waals surface area contributed by atoms with E-state index in [-0.39, 0.29) is 17.2 Å². The van der Waals surface area contributed by atoms with Crippen LogP contribution in [0.1, 0.15) is 12.8 Å². The number of hydrogen-bond donors (Lipinski definition) is 2. The van der Waals surface area contributed by atoms with Gasteiger partial charge in [0.25, 0.3) is 0 Å². The molecule has 1 aliphatic carbocycles. The van der Waals surface area contributed by atoms with Gasteiger partial charge in [-0.3, -0.25) is 9.78 Å². The van der Waals surface area contributed by atoms with E-state index in [0.29, 0.717) is 18.8 Å². The number of urea groups is 1. The van der Waals surface area contributed by atoms with E-state index >= 15 is 0 Å². The van der Waals surface area contributed by atoms with E-state index in [1.54, 1.807) is 23.4 Å². The number of nitrogens with two attached hydrogens (primary N) is 1. The van der Waals surface area contributed by atoms with Crippen LogP contribution in [-0.2, 0) is 4.79 Å². The lowest BCUT2D eigenvalue weighted by atomic mass is 10.0. The van der Waals surface area contributed by atoms with Crippen molar-refractivity contribution < 1.29 is 9.59 Å². The highest BCUT2D eigenvalue weighted by Gasteiger charge is 2.61. The molecule has 100 valence electrons. The summed E-state index contributed by atoms with van der Waals surface area (Å²) in [6, 6.07) is 3.20. The van der Waals surface area contributed by atoms with Crippen molar-refractivity contribution in [3.63, 3.8) is 0 Å². The number of nitrogens with one attached hydrogen (secondary N) is 1. The summed E-state index contributed by atoms with van der Waals surface area (Å²) in [6.07, 6.45) is 4.98. The fourth-order valence-electron chi connectivity index (χ4n) is 2.92. The number of carbonyl (C=O) groups excluding carboxylic acids is 2. The molecule has 1 aromatic rings. The number of likely N-dealkylation sites (tertiary alicyclic amines) is 1. The predicted molar refractivity (Wildman–Crippen MR) is 69.2 cm³/mol. The molecule has 19 heavy (non-hydrogen) atoms. The first-order chi connectivity index (χ1) is 9.11. The van der Waals surface area contributed by atoms with Gasteiger partial charge in [-0.05, 0) is 25.0 Å². The van der Waals surface area contributed by atoms with Gasteiger partial charge >= 0.3 is 6.03 Å². The van der Waals surface area contributed by atoms with Gasteiger partial charge in [-0.1, -0.05) is 0 Å². The van der Waals surface area contributed by atoms with Gasteiger partial charge in [0, 0.05) is 30.6 Å². The molecular formula is C13H16N4O2. The van der Waals surface area contributed by atoms with Crippen molar-refractivity contribution in [1.82, 2.24) is 9.88 Å². The van der Waals surface area contributed by atoms with Gasteiger partial charge in [0.15, 0.2) is 0 Å². The van der Waals surface area contributed by atoms with Gasteiger partial charge in [-0.25, -0.2) is 4.79 Å². The summed E-state index contributed by atoms with van der Waals surface area (Å²) in [5, 5.41) is 2.86. The van der Waals surface area contributed by atoms with E-state index < -0.39 is 6.03 Å². The lowest BCUT2D eigenvalue weighted by Gasteiger charge is -2.13. The highest BCUT2D eigenvalue weighted by atomic mass is 16.2. The Morgan fingerprint density at radius 1 is 1.53 bits per heavy atom. The summed E-state index contributed by atoms with van der Waals surface area (Å²) in [5.74, 6) is -0.00336. The van der Waals surface area contributed by atoms with Crippen molar-refractivity contribution in [3.05, 3.63) is 24.5 Å². The van der Waals surface area contributed by atoms with E-state index in [1.165, 1.54) is 0 Å². The minimum absolute atomic E-state index is 0.0133. The van der Waals surface area contributed by atoms with Crippen LogP contribution in [-0.4, -0.2) is 34.9 Å². The Labute approximate surface area is 111 Å². The number of anilines is 1. The van der Waals surface area contributed by atoms with Crippen molar-refractivity contribution >= 4 is 17.6 Å². The maximum atomic E-state index is 12.1. The third-order valence-electron chi connectivity index (χ3n) is 4.13. The van der Waals surface area contributed by atoms with Crippen molar-refractivity contribution in [1.29, 1.82) is 0 Å². The smallest absolute Gasteiger partial charge is 0.314 e. The SMILES string of the molecule is NC(=O)N1CC[C@@]2(C[C@H]2C(=O)Nc2cccnc2)C1. The molecule has 1 spiro atoms. The summed E-state index contributed by atoms with van der Waals surface area (Å²) in [4.78, 5) is 28.8. The molecule has 2 aliphatic rings. The molecule has 6 nitrogen and oxygen atoms in total. The predicted octanol–water partition coefficient (Wildman–Crippen LogP) is 0.811. The van der Waals surface area contributed by atoms with Crippen LogP contribution >= 0.6 is 0 Å². The van der Waals surface area contributed by atoms with Crippen LogP contribution in [0.15, 0.2) is 24.5 Å². The first-order valence-electron chi connectivity index (χ1n) is 6.36. The van der Waals surface area contributed by atoms with Gasteiger partial charge < -0.3 is 16.0 Å². The molecule has 0 radical (unpaired) electrons. The minimum Gasteiger partial charge on any atom is -0.351 e. The maximum Gasteiger partial charge on any atom is 0.314 e. The monoisotopic (exact) mass is 260 g/mol. The van der Waals surface area contributed by atoms with Crippen LogP contribution in [0.2, 0.25) is 0 Å². The second-order valence-electron chi connectivity index (χ2n) is 5.36. The molecule has 2 heterocycles. The molecule has 0 aromatic carbocycles. The number of pyridine rings is 1. The molecule has 1 saturated carbocycles. The van der Waals surface area contributed by atoms with Gasteiger partial charge in [-0.15, -0.1) is 0 Å². The number of carbonyl (C=O) groups is 2. The van der Waals surface area contributed by atoms with Crippen LogP contribution in [0.3, 0.4) is 0 Å². The highest BCUT2D eigenvalue weighted by Crippen LogP contribution is 2.58. The van der Waals surface area contributed by atoms with Gasteiger partial charge in [0.2, 0.25) is 5.91 Å². The third kappa shape index (κ3) is 2.14. The third-order valence-corrected chi connectivity index (χ3v) is 4.13. The molecular weight excluding hydrogens is 244 g/mol. The Kier molecular flexibility index (Phi) is 2.66. The molecule has 6 heteroatoms. The van der Waals surface area contributed by atoms with Crippen LogP contribution in [0, 0.1) is 11.3 Å². The van der Waals surface area contributed by atoms with Crippen molar-refractivity contribution in [2.24, 2.45) is 17.1 Å². The standard InChI is InChI=1S/C13H16N4O2/c14-12(19)17-5-3-13(8-17)6-10(13)11(18)16-9-2-1-4-15-7-9/h1-2,4,7,10H,3,5-6,8H2,(H2,14,19)(H,16,18)/t10-,13+/m0/s1. The zero-order valence-electron chi connectivity index (χ0n) is 10.5. The minimum atomic E-state index is -0.393. The van der Waals surface area contributed by atoms with Crippen LogP contribution in [0.5, 0.6) is 0 Å². The topological polar surface area (TPSA) is 88.3 Å². The Balaban J connectivity index is 1.61. The number of nitrogens with zero attached hydrogens (tertiary/aromatic N) is 2. The number of aromatic nitrogens is 1. The molecule has 1 aliphatic heterocycles. The van der Waals surface area contributed by atoms with Crippen LogP contribution in [0.25, 0.3) is 0 Å². The van der Waals surface area contributed by atoms with Crippen molar-refractivity contribution in [2.75, 3.05) is 18.4 Å². The van der Waals surface area contributed by atoms with Gasteiger partial charge in [0.1, 0.15) is 0 Å². The highest BCUT2D eigenvalue weighted by molar-refractivity contribution is 5.95. The summed E-state index contributed by atoms with van der Waals surface area (Å²) >= 11 is 0. The molecule has 1 aromatic heterocycles. The Bertz CT molecular complexity index is 519. The molecule has 2 fully saturated rings. The Hall–Kier alpha value is -2.11. The average Bonchev–Trinajstić information content (AvgIpc) is 2.91. The van der Waals surface area contributed by atoms with Crippen LogP contribution < -0.4 is 11.1 Å². The molecule has 0 unspecified atom stereocenters. The first-order valence-corrected chi connectivity index (χ1v) is 6.36. The van der Waals surface area contributed by atoms with Crippen molar-refractivity contribution in [2.45, 2.75) is 12.8 Å². The number of amides is 3. The normalized spacial score (nSPS) is 28.4. The summed E-state index contributed by atoms with van der Waals surface area (Å²) in [6.45, 7) is 1.26. The summed E-state index contributed by atoms with van der Waals surface area (Å²) < 4.78 is 0. The average molecular weight is 260 g/mol. The lowest BCUT2D eigenvalue weighted by Crippen LogP contribution is -2.34. The fourth-order valence-corrected chi connectivity index (χ4v) is 2.92. The van der Waals surface area contributed by atoms with Gasteiger partial charge in [0.05, 0.1) is 11.9 Å². The number of hydrogen-bond acceptors (Lipinski definition) is 3. The van der Waals surface area contributed by atoms with E-state index in [9.17, 15) is 9.59 Å². The Morgan fingerprint density at radius 3 is 3.00 bits per heavy atom. The first kappa shape index (κ1) is 12.0. The lowest BCUT2D eigenvalue weighted by molar-refractivity contribution is -0.118. The molecule has 3 amide bonds.